The van der Waals surface area contributed by atoms with Crippen molar-refractivity contribution in [3.63, 3.8) is 0 Å². The molecule has 0 unspecified atom stereocenters. The average molecular weight is 310 g/mol. The normalized spacial score (nSPS) is 22.5. The second-order valence-corrected chi connectivity index (χ2v) is 7.03. The molecule has 21 heavy (non-hydrogen) atoms. The molecule has 1 aromatic heterocycles. The molecule has 0 aliphatic carbocycles. The minimum absolute atomic E-state index is 0.0216. The summed E-state index contributed by atoms with van der Waals surface area (Å²) in [5, 5.41) is 4.12. The van der Waals surface area contributed by atoms with Crippen LogP contribution in [0.5, 0.6) is 0 Å². The summed E-state index contributed by atoms with van der Waals surface area (Å²) in [6.07, 6.45) is 4.38. The predicted octanol–water partition coefficient (Wildman–Crippen LogP) is 3.47. The van der Waals surface area contributed by atoms with Crippen molar-refractivity contribution in [1.29, 1.82) is 0 Å². The smallest absolute Gasteiger partial charge is 0.263 e. The van der Waals surface area contributed by atoms with Crippen molar-refractivity contribution in [3.8, 4) is 0 Å². The van der Waals surface area contributed by atoms with Crippen LogP contribution >= 0.6 is 11.3 Å². The van der Waals surface area contributed by atoms with Gasteiger partial charge in [0.2, 0.25) is 0 Å². The van der Waals surface area contributed by atoms with Gasteiger partial charge in [-0.15, -0.1) is 11.3 Å². The van der Waals surface area contributed by atoms with Crippen LogP contribution in [0, 0.1) is 19.8 Å². The molecule has 1 amide bonds. The number of rotatable bonds is 5. The summed E-state index contributed by atoms with van der Waals surface area (Å²) in [5.41, 5.74) is 0.832. The number of carbonyl (C=O) groups excluding carboxylic acids is 1. The number of aromatic nitrogens is 1. The molecule has 0 saturated carbocycles. The number of aryl methyl sites for hydroxylation is 2. The Morgan fingerprint density at radius 2 is 2.14 bits per heavy atom. The maximum atomic E-state index is 12.4. The van der Waals surface area contributed by atoms with Crippen LogP contribution in [0.4, 0.5) is 0 Å². The largest absolute Gasteiger partial charge is 0.378 e. The first-order chi connectivity index (χ1) is 10.0. The third-order valence-electron chi connectivity index (χ3n) is 4.33. The maximum Gasteiger partial charge on any atom is 0.263 e. The molecule has 1 aliphatic heterocycles. The lowest BCUT2D eigenvalue weighted by atomic mass is 9.89. The number of thiazole rings is 1. The van der Waals surface area contributed by atoms with Gasteiger partial charge in [0, 0.05) is 12.6 Å². The fourth-order valence-corrected chi connectivity index (χ4v) is 3.92. The van der Waals surface area contributed by atoms with E-state index in [1.165, 1.54) is 11.3 Å². The summed E-state index contributed by atoms with van der Waals surface area (Å²) < 4.78 is 5.91. The Morgan fingerprint density at radius 3 is 2.71 bits per heavy atom. The number of nitrogens with one attached hydrogen (secondary N) is 1. The summed E-state index contributed by atoms with van der Waals surface area (Å²) in [7, 11) is 0. The van der Waals surface area contributed by atoms with Crippen molar-refractivity contribution in [2.75, 3.05) is 6.61 Å². The minimum atomic E-state index is 0.0216. The summed E-state index contributed by atoms with van der Waals surface area (Å²) in [6.45, 7) is 9.00. The van der Waals surface area contributed by atoms with Crippen molar-refractivity contribution in [3.05, 3.63) is 15.6 Å². The molecular formula is C16H26N2O2S. The van der Waals surface area contributed by atoms with Gasteiger partial charge < -0.3 is 10.1 Å². The lowest BCUT2D eigenvalue weighted by molar-refractivity contribution is -0.0337. The molecular weight excluding hydrogens is 284 g/mol. The maximum absolute atomic E-state index is 12.4. The van der Waals surface area contributed by atoms with E-state index in [-0.39, 0.29) is 18.1 Å². The van der Waals surface area contributed by atoms with Gasteiger partial charge in [-0.3, -0.25) is 4.79 Å². The van der Waals surface area contributed by atoms with Crippen molar-refractivity contribution < 1.29 is 9.53 Å². The standard InChI is InChI=1S/C16H26N2O2S/c1-5-12(6-2)14-9-13(7-8-20-14)18-16(19)15-10(3)17-11(4)21-15/h12-14H,5-9H2,1-4H3,(H,18,19)/t13-,14-/m0/s1. The van der Waals surface area contributed by atoms with Crippen molar-refractivity contribution >= 4 is 17.2 Å². The molecule has 2 rings (SSSR count). The Kier molecular flexibility index (Phi) is 5.76. The van der Waals surface area contributed by atoms with Gasteiger partial charge in [-0.05, 0) is 32.6 Å². The van der Waals surface area contributed by atoms with Crippen LogP contribution in [-0.2, 0) is 4.74 Å². The van der Waals surface area contributed by atoms with Gasteiger partial charge in [0.05, 0.1) is 16.8 Å². The summed E-state index contributed by atoms with van der Waals surface area (Å²) in [5.74, 6) is 0.616. The second-order valence-electron chi connectivity index (χ2n) is 5.83. The van der Waals surface area contributed by atoms with Crippen LogP contribution < -0.4 is 5.32 Å². The zero-order valence-corrected chi connectivity index (χ0v) is 14.3. The fraction of sp³-hybridized carbons (Fsp3) is 0.750. The van der Waals surface area contributed by atoms with E-state index >= 15 is 0 Å². The van der Waals surface area contributed by atoms with Gasteiger partial charge in [0.25, 0.3) is 5.91 Å². The second kappa shape index (κ2) is 7.36. The van der Waals surface area contributed by atoms with E-state index < -0.39 is 0 Å². The molecule has 1 fully saturated rings. The molecule has 1 N–H and O–H groups in total. The van der Waals surface area contributed by atoms with Crippen LogP contribution in [0.2, 0.25) is 0 Å². The average Bonchev–Trinajstić information content (AvgIpc) is 2.80. The Hall–Kier alpha value is -0.940. The summed E-state index contributed by atoms with van der Waals surface area (Å²) in [4.78, 5) is 17.5. The molecule has 118 valence electrons. The SMILES string of the molecule is CCC(CC)[C@@H]1C[C@@H](NC(=O)c2sc(C)nc2C)CCO1. The lowest BCUT2D eigenvalue weighted by Gasteiger charge is -2.34. The zero-order chi connectivity index (χ0) is 15.4. The highest BCUT2D eigenvalue weighted by Gasteiger charge is 2.29. The number of carbonyl (C=O) groups is 1. The predicted molar refractivity (Wildman–Crippen MR) is 85.9 cm³/mol. The Morgan fingerprint density at radius 1 is 1.43 bits per heavy atom. The molecule has 2 atom stereocenters. The number of amides is 1. The molecule has 1 aromatic rings. The molecule has 4 nitrogen and oxygen atoms in total. The van der Waals surface area contributed by atoms with Crippen molar-refractivity contribution in [1.82, 2.24) is 10.3 Å². The third-order valence-corrected chi connectivity index (χ3v) is 5.41. The number of ether oxygens (including phenoxy) is 1. The number of nitrogens with zero attached hydrogens (tertiary/aromatic N) is 1. The summed E-state index contributed by atoms with van der Waals surface area (Å²) in [6, 6.07) is 0.221. The van der Waals surface area contributed by atoms with Gasteiger partial charge in [0.1, 0.15) is 4.88 Å². The van der Waals surface area contributed by atoms with Crippen LogP contribution in [0.15, 0.2) is 0 Å². The van der Waals surface area contributed by atoms with Crippen molar-refractivity contribution in [2.24, 2.45) is 5.92 Å². The topological polar surface area (TPSA) is 51.2 Å². The zero-order valence-electron chi connectivity index (χ0n) is 13.4. The first-order valence-corrected chi connectivity index (χ1v) is 8.73. The molecule has 0 radical (unpaired) electrons. The van der Waals surface area contributed by atoms with E-state index in [0.717, 1.165) is 47.9 Å². The third kappa shape index (κ3) is 4.04. The van der Waals surface area contributed by atoms with E-state index in [2.05, 4.69) is 24.1 Å². The van der Waals surface area contributed by atoms with Crippen LogP contribution in [0.3, 0.4) is 0 Å². The van der Waals surface area contributed by atoms with E-state index in [1.54, 1.807) is 0 Å². The number of hydrogen-bond donors (Lipinski definition) is 1. The Labute approximate surface area is 131 Å². The first-order valence-electron chi connectivity index (χ1n) is 7.91. The highest BCUT2D eigenvalue weighted by molar-refractivity contribution is 7.13. The summed E-state index contributed by atoms with van der Waals surface area (Å²) >= 11 is 1.47. The van der Waals surface area contributed by atoms with Crippen LogP contribution in [-0.4, -0.2) is 29.6 Å². The van der Waals surface area contributed by atoms with Gasteiger partial charge >= 0.3 is 0 Å². The van der Waals surface area contributed by atoms with Gasteiger partial charge in [-0.1, -0.05) is 26.7 Å². The van der Waals surface area contributed by atoms with Gasteiger partial charge in [-0.2, -0.15) is 0 Å². The monoisotopic (exact) mass is 310 g/mol. The van der Waals surface area contributed by atoms with E-state index in [4.69, 9.17) is 4.74 Å². The van der Waals surface area contributed by atoms with Crippen LogP contribution in [0.25, 0.3) is 0 Å². The Balaban J connectivity index is 1.96. The van der Waals surface area contributed by atoms with Crippen molar-refractivity contribution in [2.45, 2.75) is 65.5 Å². The molecule has 0 aromatic carbocycles. The molecule has 5 heteroatoms. The van der Waals surface area contributed by atoms with Crippen LogP contribution in [0.1, 0.15) is 59.9 Å². The van der Waals surface area contributed by atoms with Gasteiger partial charge in [-0.25, -0.2) is 4.98 Å². The highest BCUT2D eigenvalue weighted by Crippen LogP contribution is 2.26. The van der Waals surface area contributed by atoms with E-state index in [9.17, 15) is 4.79 Å². The lowest BCUT2D eigenvalue weighted by Crippen LogP contribution is -2.44. The molecule has 0 spiro atoms. The molecule has 0 bridgehead atoms. The van der Waals surface area contributed by atoms with E-state index in [0.29, 0.717) is 5.92 Å². The Bertz CT molecular complexity index is 483. The quantitative estimate of drug-likeness (QED) is 0.906. The van der Waals surface area contributed by atoms with E-state index in [1.807, 2.05) is 13.8 Å². The fourth-order valence-electron chi connectivity index (χ4n) is 3.09. The molecule has 1 aliphatic rings. The first kappa shape index (κ1) is 16.4. The number of hydrogen-bond acceptors (Lipinski definition) is 4. The van der Waals surface area contributed by atoms with Gasteiger partial charge in [0.15, 0.2) is 0 Å². The highest BCUT2D eigenvalue weighted by atomic mass is 32.1. The molecule has 1 saturated heterocycles. The minimum Gasteiger partial charge on any atom is -0.378 e. The molecule has 2 heterocycles.